The normalized spacial score (nSPS) is 10.6. The van der Waals surface area contributed by atoms with Crippen molar-refractivity contribution < 1.29 is 9.53 Å². The average molecular weight is 297 g/mol. The van der Waals surface area contributed by atoms with Crippen LogP contribution in [0.1, 0.15) is 17.3 Å². The second-order valence-corrected chi connectivity index (χ2v) is 4.64. The Hall–Kier alpha value is -2.96. The summed E-state index contributed by atoms with van der Waals surface area (Å²) in [6, 6.07) is 9.61. The van der Waals surface area contributed by atoms with Crippen LogP contribution in [0.25, 0.3) is 11.0 Å². The highest BCUT2D eigenvalue weighted by molar-refractivity contribution is 6.04. The van der Waals surface area contributed by atoms with E-state index in [1.54, 1.807) is 18.7 Å². The summed E-state index contributed by atoms with van der Waals surface area (Å²) < 4.78 is 6.59. The Balaban J connectivity index is 2.07. The molecular weight excluding hydrogens is 282 g/mol. The van der Waals surface area contributed by atoms with E-state index in [4.69, 9.17) is 4.74 Å². The van der Waals surface area contributed by atoms with E-state index < -0.39 is 5.97 Å². The zero-order valence-corrected chi connectivity index (χ0v) is 12.3. The molecule has 0 bridgehead atoms. The van der Waals surface area contributed by atoms with Crippen molar-refractivity contribution in [1.29, 1.82) is 0 Å². The molecule has 2 aromatic heterocycles. The molecule has 0 aliphatic heterocycles. The monoisotopic (exact) mass is 297 g/mol. The Labute approximate surface area is 126 Å². The smallest absolute Gasteiger partial charge is 0.341 e. The molecule has 22 heavy (non-hydrogen) atoms. The Morgan fingerprint density at radius 1 is 1.32 bits per heavy atom. The second-order valence-electron chi connectivity index (χ2n) is 4.64. The van der Waals surface area contributed by atoms with E-state index in [-0.39, 0.29) is 0 Å². The predicted octanol–water partition coefficient (Wildman–Crippen LogP) is 2.28. The molecule has 3 aromatic rings. The molecule has 7 heteroatoms. The molecule has 0 atom stereocenters. The van der Waals surface area contributed by atoms with Crippen LogP contribution >= 0.6 is 0 Å². The first-order valence-corrected chi connectivity index (χ1v) is 6.88. The molecule has 0 radical (unpaired) electrons. The van der Waals surface area contributed by atoms with Gasteiger partial charge >= 0.3 is 5.97 Å². The van der Waals surface area contributed by atoms with Crippen molar-refractivity contribution in [3.05, 3.63) is 42.1 Å². The summed E-state index contributed by atoms with van der Waals surface area (Å²) in [5.74, 6) is 0.110. The topological polar surface area (TPSA) is 81.9 Å². The van der Waals surface area contributed by atoms with Crippen LogP contribution in [0.3, 0.4) is 0 Å². The molecule has 0 saturated heterocycles. The lowest BCUT2D eigenvalue weighted by Gasteiger charge is -2.08. The summed E-state index contributed by atoms with van der Waals surface area (Å²) in [5, 5.41) is 11.3. The Morgan fingerprint density at radius 3 is 2.82 bits per heavy atom. The SMILES string of the molecule is CCOC(=O)c1cnc(Nc2ccccc2)c2nnn(C)c12. The van der Waals surface area contributed by atoms with Crippen molar-refractivity contribution in [3.8, 4) is 0 Å². The fourth-order valence-electron chi connectivity index (χ4n) is 2.18. The van der Waals surface area contributed by atoms with Gasteiger partial charge in [-0.15, -0.1) is 5.10 Å². The molecule has 3 rings (SSSR count). The number of aryl methyl sites for hydroxylation is 1. The number of para-hydroxylation sites is 1. The third-order valence-corrected chi connectivity index (χ3v) is 3.16. The average Bonchev–Trinajstić information content (AvgIpc) is 2.92. The summed E-state index contributed by atoms with van der Waals surface area (Å²) in [4.78, 5) is 16.3. The number of fused-ring (bicyclic) bond motifs is 1. The van der Waals surface area contributed by atoms with Gasteiger partial charge in [0.2, 0.25) is 0 Å². The molecule has 0 fully saturated rings. The van der Waals surface area contributed by atoms with Crippen LogP contribution in [0.15, 0.2) is 36.5 Å². The van der Waals surface area contributed by atoms with Crippen molar-refractivity contribution in [2.75, 3.05) is 11.9 Å². The number of hydrogen-bond donors (Lipinski definition) is 1. The maximum absolute atomic E-state index is 12.0. The van der Waals surface area contributed by atoms with Crippen LogP contribution in [-0.2, 0) is 11.8 Å². The number of nitrogens with one attached hydrogen (secondary N) is 1. The first kappa shape index (κ1) is 14.0. The molecule has 0 aliphatic rings. The van der Waals surface area contributed by atoms with Gasteiger partial charge in [0.25, 0.3) is 0 Å². The molecule has 0 amide bonds. The maximum Gasteiger partial charge on any atom is 0.341 e. The maximum atomic E-state index is 12.0. The van der Waals surface area contributed by atoms with E-state index >= 15 is 0 Å². The summed E-state index contributed by atoms with van der Waals surface area (Å²) >= 11 is 0. The zero-order chi connectivity index (χ0) is 15.5. The first-order chi connectivity index (χ1) is 10.7. The third kappa shape index (κ3) is 2.48. The largest absolute Gasteiger partial charge is 0.462 e. The van der Waals surface area contributed by atoms with Gasteiger partial charge in [0.15, 0.2) is 11.3 Å². The van der Waals surface area contributed by atoms with Gasteiger partial charge in [-0.1, -0.05) is 23.4 Å². The minimum atomic E-state index is -0.434. The Kier molecular flexibility index (Phi) is 3.69. The molecule has 0 spiro atoms. The highest BCUT2D eigenvalue weighted by Crippen LogP contribution is 2.25. The number of benzene rings is 1. The molecule has 112 valence electrons. The number of ether oxygens (including phenoxy) is 1. The number of esters is 1. The number of rotatable bonds is 4. The summed E-state index contributed by atoms with van der Waals surface area (Å²) in [5.41, 5.74) is 2.34. The van der Waals surface area contributed by atoms with E-state index in [9.17, 15) is 4.79 Å². The van der Waals surface area contributed by atoms with Crippen LogP contribution in [0, 0.1) is 0 Å². The number of carbonyl (C=O) groups excluding carboxylic acids is 1. The highest BCUT2D eigenvalue weighted by Gasteiger charge is 2.19. The first-order valence-electron chi connectivity index (χ1n) is 6.88. The summed E-state index contributed by atoms with van der Waals surface area (Å²) in [6.45, 7) is 2.06. The van der Waals surface area contributed by atoms with Crippen molar-refractivity contribution >= 4 is 28.5 Å². The number of aromatic nitrogens is 4. The number of pyridine rings is 1. The minimum Gasteiger partial charge on any atom is -0.462 e. The number of anilines is 2. The second kappa shape index (κ2) is 5.80. The molecule has 1 aromatic carbocycles. The van der Waals surface area contributed by atoms with Gasteiger partial charge in [-0.25, -0.2) is 14.5 Å². The van der Waals surface area contributed by atoms with E-state index in [1.807, 2.05) is 30.3 Å². The van der Waals surface area contributed by atoms with Crippen molar-refractivity contribution in [1.82, 2.24) is 20.0 Å². The highest BCUT2D eigenvalue weighted by atomic mass is 16.5. The van der Waals surface area contributed by atoms with Gasteiger partial charge in [-0.05, 0) is 19.1 Å². The fourth-order valence-corrected chi connectivity index (χ4v) is 2.18. The number of carbonyl (C=O) groups is 1. The zero-order valence-electron chi connectivity index (χ0n) is 12.3. The van der Waals surface area contributed by atoms with E-state index in [1.165, 1.54) is 6.20 Å². The Bertz CT molecular complexity index is 813. The van der Waals surface area contributed by atoms with Gasteiger partial charge in [0.05, 0.1) is 6.61 Å². The Morgan fingerprint density at radius 2 is 2.09 bits per heavy atom. The summed E-state index contributed by atoms with van der Waals surface area (Å²) in [6.07, 6.45) is 1.48. The van der Waals surface area contributed by atoms with Crippen molar-refractivity contribution in [2.45, 2.75) is 6.92 Å². The lowest BCUT2D eigenvalue weighted by Crippen LogP contribution is -2.09. The molecule has 0 aliphatic carbocycles. The van der Waals surface area contributed by atoms with Crippen molar-refractivity contribution in [2.24, 2.45) is 7.05 Å². The molecule has 1 N–H and O–H groups in total. The lowest BCUT2D eigenvalue weighted by atomic mass is 10.2. The van der Waals surface area contributed by atoms with Crippen LogP contribution in [0.5, 0.6) is 0 Å². The van der Waals surface area contributed by atoms with E-state index in [0.717, 1.165) is 5.69 Å². The van der Waals surface area contributed by atoms with Gasteiger partial charge in [0.1, 0.15) is 11.1 Å². The standard InChI is InChI=1S/C15H15N5O2/c1-3-22-15(21)11-9-16-14(12-13(11)20(2)19-18-12)17-10-7-5-4-6-8-10/h4-9H,3H2,1-2H3,(H,16,17). The van der Waals surface area contributed by atoms with Crippen LogP contribution in [0.4, 0.5) is 11.5 Å². The number of nitrogens with zero attached hydrogens (tertiary/aromatic N) is 4. The molecule has 2 heterocycles. The molecule has 0 unspecified atom stereocenters. The van der Waals surface area contributed by atoms with Gasteiger partial charge in [0, 0.05) is 18.9 Å². The van der Waals surface area contributed by atoms with Gasteiger partial charge in [-0.2, -0.15) is 0 Å². The third-order valence-electron chi connectivity index (χ3n) is 3.16. The molecule has 0 saturated carbocycles. The molecular formula is C15H15N5O2. The van der Waals surface area contributed by atoms with Crippen LogP contribution in [0.2, 0.25) is 0 Å². The van der Waals surface area contributed by atoms with Gasteiger partial charge < -0.3 is 10.1 Å². The van der Waals surface area contributed by atoms with Crippen molar-refractivity contribution in [3.63, 3.8) is 0 Å². The van der Waals surface area contributed by atoms with E-state index in [2.05, 4.69) is 20.6 Å². The van der Waals surface area contributed by atoms with Crippen LogP contribution in [-0.4, -0.2) is 32.6 Å². The quantitative estimate of drug-likeness (QED) is 0.744. The predicted molar refractivity (Wildman–Crippen MR) is 82.0 cm³/mol. The van der Waals surface area contributed by atoms with Gasteiger partial charge in [-0.3, -0.25) is 0 Å². The molecule has 7 nitrogen and oxygen atoms in total. The van der Waals surface area contributed by atoms with Crippen LogP contribution < -0.4 is 5.32 Å². The summed E-state index contributed by atoms with van der Waals surface area (Å²) in [7, 11) is 1.73. The lowest BCUT2D eigenvalue weighted by molar-refractivity contribution is 0.0527. The number of hydrogen-bond acceptors (Lipinski definition) is 6. The minimum absolute atomic E-state index is 0.301. The fraction of sp³-hybridized carbons (Fsp3) is 0.200. The van der Waals surface area contributed by atoms with E-state index in [0.29, 0.717) is 29.0 Å².